The minimum absolute atomic E-state index is 0.0546. The summed E-state index contributed by atoms with van der Waals surface area (Å²) in [5.74, 6) is -0.894. The molecule has 0 aliphatic heterocycles. The highest BCUT2D eigenvalue weighted by molar-refractivity contribution is 5.74. The first-order chi connectivity index (χ1) is 20.8. The van der Waals surface area contributed by atoms with Crippen LogP contribution in [-0.2, 0) is 27.3 Å². The fourth-order valence-electron chi connectivity index (χ4n) is 4.30. The van der Waals surface area contributed by atoms with Crippen LogP contribution >= 0.6 is 0 Å². The monoisotopic (exact) mass is 633 g/mol. The quantitative estimate of drug-likeness (QED) is 0.178. The molecule has 1 N–H and O–H groups in total. The lowest BCUT2D eigenvalue weighted by molar-refractivity contribution is -0.154. The molecule has 244 valence electrons. The summed E-state index contributed by atoms with van der Waals surface area (Å²) in [7, 11) is 0. The molecule has 3 rings (SSSR count). The third-order valence-electron chi connectivity index (χ3n) is 6.03. The molecular weight excluding hydrogens is 594 g/mol. The zero-order valence-electron chi connectivity index (χ0n) is 26.4. The first-order valence-corrected chi connectivity index (χ1v) is 14.3. The van der Waals surface area contributed by atoms with E-state index in [0.29, 0.717) is 16.9 Å². The molecule has 1 amide bonds. The molecule has 0 radical (unpaired) electrons. The number of rotatable bonds is 10. The van der Waals surface area contributed by atoms with Gasteiger partial charge in [0, 0.05) is 16.7 Å². The van der Waals surface area contributed by atoms with Crippen molar-refractivity contribution in [2.75, 3.05) is 6.61 Å². The molecule has 3 aromatic carbocycles. The Bertz CT molecular complexity index is 1490. The maximum atomic E-state index is 15.9. The van der Waals surface area contributed by atoms with Crippen molar-refractivity contribution in [3.63, 3.8) is 0 Å². The smallest absolute Gasteiger partial charge is 0.422 e. The first-order valence-electron chi connectivity index (χ1n) is 14.3. The topological polar surface area (TPSA) is 83.1 Å². The number of carbonyl (C=O) groups excluding carboxylic acids is 2. The highest BCUT2D eigenvalue weighted by atomic mass is 19.4. The summed E-state index contributed by atoms with van der Waals surface area (Å²) in [4.78, 5) is 24.7. The van der Waals surface area contributed by atoms with Crippen LogP contribution in [0.4, 0.5) is 22.4 Å². The van der Waals surface area contributed by atoms with Gasteiger partial charge in [0.1, 0.15) is 35.1 Å². The van der Waals surface area contributed by atoms with E-state index in [-0.39, 0.29) is 35.5 Å². The van der Waals surface area contributed by atoms with Gasteiger partial charge in [0.2, 0.25) is 0 Å². The fraction of sp³-hybridized carbons (Fsp3) is 0.412. The Morgan fingerprint density at radius 3 is 2.16 bits per heavy atom. The van der Waals surface area contributed by atoms with Crippen LogP contribution in [0.5, 0.6) is 11.5 Å². The van der Waals surface area contributed by atoms with E-state index < -0.39 is 47.9 Å². The van der Waals surface area contributed by atoms with Crippen LogP contribution in [0.1, 0.15) is 71.2 Å². The predicted octanol–water partition coefficient (Wildman–Crippen LogP) is 8.48. The van der Waals surface area contributed by atoms with Gasteiger partial charge >= 0.3 is 18.2 Å². The van der Waals surface area contributed by atoms with Crippen LogP contribution in [-0.4, -0.2) is 36.0 Å². The van der Waals surface area contributed by atoms with Crippen LogP contribution < -0.4 is 14.8 Å². The summed E-state index contributed by atoms with van der Waals surface area (Å²) in [6, 6.07) is 14.8. The lowest BCUT2D eigenvalue weighted by Gasteiger charge is -2.22. The van der Waals surface area contributed by atoms with E-state index in [1.165, 1.54) is 24.3 Å². The minimum atomic E-state index is -4.60. The SMILES string of the molecule is CC(NC(=O)OC(C)(C)C)c1cccc(-c2cc(COc3ccccc3CC(=O)OC(C)(C)C)cc(OCC(F)(F)F)c2)c1F. The number of ether oxygens (including phenoxy) is 4. The maximum Gasteiger partial charge on any atom is 0.422 e. The van der Waals surface area contributed by atoms with E-state index in [2.05, 4.69) is 5.32 Å². The van der Waals surface area contributed by atoms with Crippen molar-refractivity contribution in [3.8, 4) is 22.6 Å². The van der Waals surface area contributed by atoms with Gasteiger partial charge < -0.3 is 24.3 Å². The number of alkyl halides is 3. The number of amides is 1. The molecule has 7 nitrogen and oxygen atoms in total. The largest absolute Gasteiger partial charge is 0.489 e. The molecule has 3 aromatic rings. The fourth-order valence-corrected chi connectivity index (χ4v) is 4.30. The third kappa shape index (κ3) is 11.6. The van der Waals surface area contributed by atoms with Crippen molar-refractivity contribution in [2.45, 2.75) is 84.9 Å². The van der Waals surface area contributed by atoms with Crippen molar-refractivity contribution in [2.24, 2.45) is 0 Å². The van der Waals surface area contributed by atoms with Crippen LogP contribution in [0.3, 0.4) is 0 Å². The molecule has 0 heterocycles. The van der Waals surface area contributed by atoms with E-state index in [9.17, 15) is 22.8 Å². The summed E-state index contributed by atoms with van der Waals surface area (Å²) in [6.45, 7) is 10.3. The molecule has 0 aliphatic carbocycles. The normalized spacial score (nSPS) is 12.7. The molecule has 0 saturated heterocycles. The Morgan fingerprint density at radius 2 is 1.51 bits per heavy atom. The second-order valence-electron chi connectivity index (χ2n) is 12.5. The van der Waals surface area contributed by atoms with E-state index >= 15 is 4.39 Å². The number of hydrogen-bond donors (Lipinski definition) is 1. The number of benzene rings is 3. The Morgan fingerprint density at radius 1 is 0.844 bits per heavy atom. The number of para-hydroxylation sites is 1. The number of halogens is 4. The highest BCUT2D eigenvalue weighted by Crippen LogP contribution is 2.33. The lowest BCUT2D eigenvalue weighted by atomic mass is 9.97. The van der Waals surface area contributed by atoms with Gasteiger partial charge in [0.15, 0.2) is 6.61 Å². The molecule has 0 spiro atoms. The van der Waals surface area contributed by atoms with Gasteiger partial charge in [-0.15, -0.1) is 0 Å². The Kier molecular flexibility index (Phi) is 11.1. The number of carbonyl (C=O) groups is 2. The second kappa shape index (κ2) is 14.2. The average molecular weight is 634 g/mol. The van der Waals surface area contributed by atoms with Crippen molar-refractivity contribution < 1.29 is 46.1 Å². The van der Waals surface area contributed by atoms with Gasteiger partial charge in [0.25, 0.3) is 0 Å². The number of alkyl carbamates (subject to hydrolysis) is 1. The minimum Gasteiger partial charge on any atom is -0.489 e. The van der Waals surface area contributed by atoms with Gasteiger partial charge in [-0.2, -0.15) is 13.2 Å². The van der Waals surface area contributed by atoms with E-state index in [4.69, 9.17) is 18.9 Å². The molecule has 1 unspecified atom stereocenters. The molecule has 1 atom stereocenters. The third-order valence-corrected chi connectivity index (χ3v) is 6.03. The van der Waals surface area contributed by atoms with Crippen molar-refractivity contribution in [1.82, 2.24) is 5.32 Å². The van der Waals surface area contributed by atoms with Gasteiger partial charge in [-0.3, -0.25) is 4.79 Å². The molecule has 45 heavy (non-hydrogen) atoms. The zero-order chi connectivity index (χ0) is 33.6. The van der Waals surface area contributed by atoms with E-state index in [1.54, 1.807) is 84.9 Å². The number of esters is 1. The maximum absolute atomic E-state index is 15.9. The number of hydrogen-bond acceptors (Lipinski definition) is 6. The summed E-state index contributed by atoms with van der Waals surface area (Å²) < 4.78 is 76.6. The summed E-state index contributed by atoms with van der Waals surface area (Å²) in [5, 5.41) is 2.60. The average Bonchev–Trinajstić information content (AvgIpc) is 2.89. The Balaban J connectivity index is 1.92. The molecule has 0 aromatic heterocycles. The molecule has 0 fully saturated rings. The summed E-state index contributed by atoms with van der Waals surface area (Å²) in [6.07, 6.45) is -5.38. The molecule has 0 aliphatic rings. The van der Waals surface area contributed by atoms with E-state index in [0.717, 1.165) is 0 Å². The van der Waals surface area contributed by atoms with Crippen LogP contribution in [0.2, 0.25) is 0 Å². The molecule has 0 saturated carbocycles. The van der Waals surface area contributed by atoms with Crippen molar-refractivity contribution >= 4 is 12.1 Å². The molecule has 11 heteroatoms. The lowest BCUT2D eigenvalue weighted by Crippen LogP contribution is -2.34. The standard InChI is InChI=1S/C34H39F4NO6/c1-21(39-31(41)45-33(5,6)7)26-12-10-13-27(30(26)35)24-15-22(16-25(17-24)43-20-34(36,37)38)19-42-28-14-9-8-11-23(28)18-29(40)44-32(2,3)4/h8-17,21H,18-20H2,1-7H3,(H,39,41). The van der Waals surface area contributed by atoms with Crippen LogP contribution in [0.15, 0.2) is 60.7 Å². The Hall–Kier alpha value is -4.28. The first kappa shape index (κ1) is 35.2. The zero-order valence-corrected chi connectivity index (χ0v) is 26.4. The summed E-state index contributed by atoms with van der Waals surface area (Å²) in [5.41, 5.74) is -0.0167. The van der Waals surface area contributed by atoms with Gasteiger partial charge in [-0.05, 0) is 83.9 Å². The number of nitrogens with one attached hydrogen (secondary N) is 1. The van der Waals surface area contributed by atoms with Crippen molar-refractivity contribution in [3.05, 3.63) is 83.2 Å². The predicted molar refractivity (Wildman–Crippen MR) is 161 cm³/mol. The van der Waals surface area contributed by atoms with Gasteiger partial charge in [-0.1, -0.05) is 36.4 Å². The van der Waals surface area contributed by atoms with Gasteiger partial charge in [0.05, 0.1) is 12.5 Å². The second-order valence-corrected chi connectivity index (χ2v) is 12.5. The van der Waals surface area contributed by atoms with Crippen LogP contribution in [0, 0.1) is 5.82 Å². The van der Waals surface area contributed by atoms with Crippen LogP contribution in [0.25, 0.3) is 11.1 Å². The molecule has 0 bridgehead atoms. The highest BCUT2D eigenvalue weighted by Gasteiger charge is 2.29. The summed E-state index contributed by atoms with van der Waals surface area (Å²) >= 11 is 0. The Labute approximate surface area is 260 Å². The molecular formula is C34H39F4NO6. The van der Waals surface area contributed by atoms with Gasteiger partial charge in [-0.25, -0.2) is 9.18 Å². The van der Waals surface area contributed by atoms with E-state index in [1.807, 2.05) is 0 Å². The van der Waals surface area contributed by atoms with Crippen molar-refractivity contribution in [1.29, 1.82) is 0 Å².